The second-order valence-corrected chi connectivity index (χ2v) is 6.19. The molecule has 0 atom stereocenters. The first-order valence-electron chi connectivity index (χ1n) is 7.80. The fourth-order valence-corrected chi connectivity index (χ4v) is 1.94. The van der Waals surface area contributed by atoms with Crippen LogP contribution in [0, 0.1) is 0 Å². The fraction of sp³-hybridized carbons (Fsp3) is 0.500. The molecule has 0 saturated heterocycles. The lowest BCUT2D eigenvalue weighted by Crippen LogP contribution is -2.32. The predicted molar refractivity (Wildman–Crippen MR) is 92.2 cm³/mol. The van der Waals surface area contributed by atoms with Gasteiger partial charge < -0.3 is 20.1 Å². The molecule has 2 N–H and O–H groups in total. The molecular weight excluding hydrogens is 292 g/mol. The van der Waals surface area contributed by atoms with E-state index in [-0.39, 0.29) is 0 Å². The van der Waals surface area contributed by atoms with Crippen LogP contribution < -0.4 is 10.6 Å². The van der Waals surface area contributed by atoms with Crippen molar-refractivity contribution in [3.8, 4) is 0 Å². The monoisotopic (exact) mass is 320 g/mol. The largest absolute Gasteiger partial charge is 0.444 e. The van der Waals surface area contributed by atoms with Crippen LogP contribution in [0.15, 0.2) is 36.4 Å². The molecule has 1 aromatic carbocycles. The van der Waals surface area contributed by atoms with E-state index in [1.807, 2.05) is 45.1 Å². The third-order valence-corrected chi connectivity index (χ3v) is 2.93. The molecule has 0 aliphatic heterocycles. The molecule has 0 spiro atoms. The molecule has 128 valence electrons. The molecule has 0 aliphatic rings. The smallest absolute Gasteiger partial charge is 0.407 e. The summed E-state index contributed by atoms with van der Waals surface area (Å²) in [5.74, 6) is 0. The zero-order valence-corrected chi connectivity index (χ0v) is 14.5. The standard InChI is InChI=1S/C18H28N2O3/c1-18(2,3)23-17(21)20-12-8-7-11-19-13-15-9-5-6-10-16(15)14-22-4/h5-10,19H,11-14H2,1-4H3,(H,20,21)/b8-7+. The van der Waals surface area contributed by atoms with E-state index >= 15 is 0 Å². The first kappa shape index (κ1) is 19.2. The van der Waals surface area contributed by atoms with Crippen LogP contribution in [-0.4, -0.2) is 31.9 Å². The highest BCUT2D eigenvalue weighted by atomic mass is 16.6. The predicted octanol–water partition coefficient (Wildman–Crippen LogP) is 3.00. The SMILES string of the molecule is COCc1ccccc1CNC/C=C/CNC(=O)OC(C)(C)C. The Bertz CT molecular complexity index is 507. The number of rotatable bonds is 8. The number of ether oxygens (including phenoxy) is 2. The Hall–Kier alpha value is -1.85. The van der Waals surface area contributed by atoms with Crippen molar-refractivity contribution in [2.75, 3.05) is 20.2 Å². The third-order valence-electron chi connectivity index (χ3n) is 2.93. The number of benzene rings is 1. The van der Waals surface area contributed by atoms with Crippen LogP contribution in [0.3, 0.4) is 0 Å². The highest BCUT2D eigenvalue weighted by molar-refractivity contribution is 5.67. The van der Waals surface area contributed by atoms with Crippen LogP contribution in [0.25, 0.3) is 0 Å². The van der Waals surface area contributed by atoms with Gasteiger partial charge in [0.05, 0.1) is 6.61 Å². The minimum Gasteiger partial charge on any atom is -0.444 e. The summed E-state index contributed by atoms with van der Waals surface area (Å²) >= 11 is 0. The molecule has 0 heterocycles. The van der Waals surface area contributed by atoms with Gasteiger partial charge in [0.25, 0.3) is 0 Å². The molecular formula is C18H28N2O3. The minimum atomic E-state index is -0.467. The van der Waals surface area contributed by atoms with Crippen LogP contribution in [-0.2, 0) is 22.6 Å². The molecule has 5 nitrogen and oxygen atoms in total. The van der Waals surface area contributed by atoms with Crippen molar-refractivity contribution in [2.45, 2.75) is 39.5 Å². The van der Waals surface area contributed by atoms with Gasteiger partial charge in [0.1, 0.15) is 5.60 Å². The second kappa shape index (κ2) is 10.0. The number of hydrogen-bond acceptors (Lipinski definition) is 4. The topological polar surface area (TPSA) is 59.6 Å². The average Bonchev–Trinajstić information content (AvgIpc) is 2.46. The Morgan fingerprint density at radius 2 is 1.78 bits per heavy atom. The number of nitrogens with one attached hydrogen (secondary N) is 2. The zero-order chi connectivity index (χ0) is 17.1. The minimum absolute atomic E-state index is 0.399. The Labute approximate surface area is 139 Å². The lowest BCUT2D eigenvalue weighted by Gasteiger charge is -2.19. The van der Waals surface area contributed by atoms with Crippen LogP contribution in [0.1, 0.15) is 31.9 Å². The molecule has 0 saturated carbocycles. The average molecular weight is 320 g/mol. The summed E-state index contributed by atoms with van der Waals surface area (Å²) in [6, 6.07) is 8.20. The van der Waals surface area contributed by atoms with Gasteiger partial charge in [-0.05, 0) is 31.9 Å². The molecule has 0 aromatic heterocycles. The van der Waals surface area contributed by atoms with E-state index in [1.54, 1.807) is 7.11 Å². The summed E-state index contributed by atoms with van der Waals surface area (Å²) < 4.78 is 10.3. The van der Waals surface area contributed by atoms with Gasteiger partial charge >= 0.3 is 6.09 Å². The number of carbonyl (C=O) groups excluding carboxylic acids is 1. The van der Waals surface area contributed by atoms with Crippen LogP contribution >= 0.6 is 0 Å². The number of amides is 1. The molecule has 1 rings (SSSR count). The second-order valence-electron chi connectivity index (χ2n) is 6.19. The Kier molecular flexibility index (Phi) is 8.37. The lowest BCUT2D eigenvalue weighted by molar-refractivity contribution is 0.0534. The maximum Gasteiger partial charge on any atom is 0.407 e. The molecule has 0 radical (unpaired) electrons. The molecule has 0 unspecified atom stereocenters. The maximum absolute atomic E-state index is 11.4. The van der Waals surface area contributed by atoms with Gasteiger partial charge in [-0.3, -0.25) is 0 Å². The van der Waals surface area contributed by atoms with Crippen molar-refractivity contribution in [3.05, 3.63) is 47.5 Å². The van der Waals surface area contributed by atoms with Gasteiger partial charge in [-0.25, -0.2) is 4.79 Å². The quantitative estimate of drug-likeness (QED) is 0.571. The molecule has 0 fully saturated rings. The van der Waals surface area contributed by atoms with Gasteiger partial charge in [0.2, 0.25) is 0 Å². The van der Waals surface area contributed by atoms with Gasteiger partial charge in [-0.1, -0.05) is 36.4 Å². The van der Waals surface area contributed by atoms with E-state index in [2.05, 4.69) is 22.8 Å². The lowest BCUT2D eigenvalue weighted by atomic mass is 10.1. The fourth-order valence-electron chi connectivity index (χ4n) is 1.94. The Morgan fingerprint density at radius 3 is 2.43 bits per heavy atom. The summed E-state index contributed by atoms with van der Waals surface area (Å²) in [7, 11) is 1.70. The van der Waals surface area contributed by atoms with Crippen molar-refractivity contribution in [1.29, 1.82) is 0 Å². The van der Waals surface area contributed by atoms with Gasteiger partial charge in [-0.15, -0.1) is 0 Å². The van der Waals surface area contributed by atoms with Crippen molar-refractivity contribution >= 4 is 6.09 Å². The maximum atomic E-state index is 11.4. The van der Waals surface area contributed by atoms with E-state index in [4.69, 9.17) is 9.47 Å². The van der Waals surface area contributed by atoms with Gasteiger partial charge in [0.15, 0.2) is 0 Å². The number of hydrogen-bond donors (Lipinski definition) is 2. The van der Waals surface area contributed by atoms with Crippen LogP contribution in [0.4, 0.5) is 4.79 Å². The summed E-state index contributed by atoms with van der Waals surface area (Å²) in [6.07, 6.45) is 3.48. The van der Waals surface area contributed by atoms with E-state index in [9.17, 15) is 4.79 Å². The molecule has 0 aliphatic carbocycles. The highest BCUT2D eigenvalue weighted by Gasteiger charge is 2.14. The van der Waals surface area contributed by atoms with E-state index in [0.717, 1.165) is 13.1 Å². The zero-order valence-electron chi connectivity index (χ0n) is 14.5. The highest BCUT2D eigenvalue weighted by Crippen LogP contribution is 2.09. The van der Waals surface area contributed by atoms with Crippen molar-refractivity contribution < 1.29 is 14.3 Å². The summed E-state index contributed by atoms with van der Waals surface area (Å²) in [5, 5.41) is 6.02. The summed E-state index contributed by atoms with van der Waals surface area (Å²) in [4.78, 5) is 11.4. The summed E-state index contributed by atoms with van der Waals surface area (Å²) in [5.41, 5.74) is 1.96. The third kappa shape index (κ3) is 9.01. The molecule has 1 aromatic rings. The van der Waals surface area contributed by atoms with E-state index in [1.165, 1.54) is 11.1 Å². The first-order valence-corrected chi connectivity index (χ1v) is 7.80. The normalized spacial score (nSPS) is 11.7. The molecule has 1 amide bonds. The Morgan fingerprint density at radius 1 is 1.13 bits per heavy atom. The Balaban J connectivity index is 2.21. The number of methoxy groups -OCH3 is 1. The van der Waals surface area contributed by atoms with Crippen LogP contribution in [0.2, 0.25) is 0 Å². The van der Waals surface area contributed by atoms with Gasteiger partial charge in [-0.2, -0.15) is 0 Å². The molecule has 0 bridgehead atoms. The summed E-state index contributed by atoms with van der Waals surface area (Å²) in [6.45, 7) is 8.11. The van der Waals surface area contributed by atoms with E-state index in [0.29, 0.717) is 13.2 Å². The van der Waals surface area contributed by atoms with Crippen molar-refractivity contribution in [1.82, 2.24) is 10.6 Å². The first-order chi connectivity index (χ1) is 10.9. The number of alkyl carbamates (subject to hydrolysis) is 1. The number of carbonyl (C=O) groups is 1. The van der Waals surface area contributed by atoms with Crippen molar-refractivity contribution in [3.63, 3.8) is 0 Å². The van der Waals surface area contributed by atoms with Gasteiger partial charge in [0, 0.05) is 26.7 Å². The molecule has 5 heteroatoms. The van der Waals surface area contributed by atoms with Crippen molar-refractivity contribution in [2.24, 2.45) is 0 Å². The molecule has 23 heavy (non-hydrogen) atoms. The van der Waals surface area contributed by atoms with Crippen LogP contribution in [0.5, 0.6) is 0 Å². The van der Waals surface area contributed by atoms with E-state index < -0.39 is 11.7 Å².